The lowest BCUT2D eigenvalue weighted by Crippen LogP contribution is -2.64. The molecule has 0 spiro atoms. The predicted molar refractivity (Wildman–Crippen MR) is 73.8 cm³/mol. The van der Waals surface area contributed by atoms with Gasteiger partial charge in [-0.25, -0.2) is 0 Å². The summed E-state index contributed by atoms with van der Waals surface area (Å²) in [4.78, 5) is 1.98. The Bertz CT molecular complexity index is 262. The minimum Gasteiger partial charge on any atom is -0.395 e. The summed E-state index contributed by atoms with van der Waals surface area (Å²) >= 11 is 0. The van der Waals surface area contributed by atoms with Gasteiger partial charge in [0.25, 0.3) is 0 Å². The summed E-state index contributed by atoms with van der Waals surface area (Å²) < 4.78 is 0. The van der Waals surface area contributed by atoms with Gasteiger partial charge in [0.15, 0.2) is 0 Å². The maximum Gasteiger partial charge on any atom is 0.109 e. The number of hydrogen-bond donors (Lipinski definition) is 4. The highest BCUT2D eigenvalue weighted by Crippen LogP contribution is 2.26. The van der Waals surface area contributed by atoms with Crippen molar-refractivity contribution in [3.05, 3.63) is 0 Å². The van der Waals surface area contributed by atoms with Crippen LogP contribution >= 0.6 is 0 Å². The molecule has 1 aliphatic rings. The summed E-state index contributed by atoms with van der Waals surface area (Å²) in [6.45, 7) is 6.49. The van der Waals surface area contributed by atoms with Crippen molar-refractivity contribution < 1.29 is 20.4 Å². The van der Waals surface area contributed by atoms with E-state index in [4.69, 9.17) is 0 Å². The van der Waals surface area contributed by atoms with Gasteiger partial charge in [-0.2, -0.15) is 0 Å². The van der Waals surface area contributed by atoms with Gasteiger partial charge in [-0.1, -0.05) is 27.2 Å². The van der Waals surface area contributed by atoms with Gasteiger partial charge in [-0.15, -0.1) is 0 Å². The van der Waals surface area contributed by atoms with E-state index in [-0.39, 0.29) is 12.6 Å². The van der Waals surface area contributed by atoms with Crippen LogP contribution in [0.1, 0.15) is 40.0 Å². The molecule has 1 rings (SSSR count). The van der Waals surface area contributed by atoms with E-state index in [0.29, 0.717) is 12.5 Å². The van der Waals surface area contributed by atoms with Gasteiger partial charge in [0.05, 0.1) is 18.8 Å². The Morgan fingerprint density at radius 1 is 1.16 bits per heavy atom. The van der Waals surface area contributed by atoms with Crippen molar-refractivity contribution in [2.45, 2.75) is 70.4 Å². The van der Waals surface area contributed by atoms with Crippen molar-refractivity contribution in [2.75, 3.05) is 13.2 Å². The number of piperidine rings is 1. The maximum absolute atomic E-state index is 10.0. The average molecular weight is 275 g/mol. The quantitative estimate of drug-likeness (QED) is 0.547. The lowest BCUT2D eigenvalue weighted by atomic mass is 9.89. The number of rotatable bonds is 6. The summed E-state index contributed by atoms with van der Waals surface area (Å²) in [6, 6.07) is -0.271. The van der Waals surface area contributed by atoms with Crippen LogP contribution in [0.15, 0.2) is 0 Å². The molecule has 4 N–H and O–H groups in total. The van der Waals surface area contributed by atoms with E-state index >= 15 is 0 Å². The zero-order valence-electron chi connectivity index (χ0n) is 12.2. The number of aliphatic hydroxyl groups is 4. The molecule has 114 valence electrons. The molecule has 5 heteroatoms. The van der Waals surface area contributed by atoms with Crippen LogP contribution in [0.5, 0.6) is 0 Å². The average Bonchev–Trinajstić information content (AvgIpc) is 2.34. The van der Waals surface area contributed by atoms with Crippen molar-refractivity contribution in [1.82, 2.24) is 4.90 Å². The summed E-state index contributed by atoms with van der Waals surface area (Å²) in [6.07, 6.45) is -0.287. The van der Waals surface area contributed by atoms with Crippen LogP contribution in [-0.2, 0) is 0 Å². The molecule has 1 saturated heterocycles. The fourth-order valence-electron chi connectivity index (χ4n) is 3.04. The summed E-state index contributed by atoms with van der Waals surface area (Å²) in [5.74, 6) is 0.511. The van der Waals surface area contributed by atoms with Crippen molar-refractivity contribution in [2.24, 2.45) is 5.92 Å². The highest BCUT2D eigenvalue weighted by molar-refractivity contribution is 4.96. The molecule has 1 heterocycles. The Morgan fingerprint density at radius 3 is 2.26 bits per heavy atom. The Hall–Kier alpha value is -0.200. The van der Waals surface area contributed by atoms with Gasteiger partial charge in [-0.05, 0) is 18.8 Å². The Morgan fingerprint density at radius 2 is 1.79 bits per heavy atom. The van der Waals surface area contributed by atoms with Gasteiger partial charge in [0.1, 0.15) is 12.2 Å². The highest BCUT2D eigenvalue weighted by Gasteiger charge is 2.43. The molecular formula is C14H29NO4. The topological polar surface area (TPSA) is 84.2 Å². The minimum atomic E-state index is -1.17. The van der Waals surface area contributed by atoms with Crippen LogP contribution in [0, 0.1) is 5.92 Å². The van der Waals surface area contributed by atoms with E-state index in [1.54, 1.807) is 0 Å². The van der Waals surface area contributed by atoms with Crippen LogP contribution in [-0.4, -0.2) is 68.9 Å². The molecule has 1 unspecified atom stereocenters. The number of aliphatic hydroxyl groups excluding tert-OH is 4. The van der Waals surface area contributed by atoms with Crippen molar-refractivity contribution >= 4 is 0 Å². The zero-order chi connectivity index (χ0) is 14.6. The van der Waals surface area contributed by atoms with Crippen molar-refractivity contribution in [3.8, 4) is 0 Å². The van der Waals surface area contributed by atoms with E-state index in [2.05, 4.69) is 20.8 Å². The van der Waals surface area contributed by atoms with Crippen LogP contribution in [0.2, 0.25) is 0 Å². The van der Waals surface area contributed by atoms with E-state index in [0.717, 1.165) is 19.3 Å². The first-order valence-corrected chi connectivity index (χ1v) is 7.33. The molecular weight excluding hydrogens is 246 g/mol. The van der Waals surface area contributed by atoms with Gasteiger partial charge < -0.3 is 20.4 Å². The van der Waals surface area contributed by atoms with Gasteiger partial charge in [0, 0.05) is 12.6 Å². The first kappa shape index (κ1) is 16.9. The van der Waals surface area contributed by atoms with Crippen LogP contribution in [0.25, 0.3) is 0 Å². The predicted octanol–water partition coefficient (Wildman–Crippen LogP) is -0.0396. The Labute approximate surface area is 115 Å². The van der Waals surface area contributed by atoms with E-state index in [1.807, 2.05) is 4.90 Å². The molecule has 0 aromatic heterocycles. The summed E-state index contributed by atoms with van der Waals surface area (Å²) in [5.41, 5.74) is 0. The third-order valence-electron chi connectivity index (χ3n) is 3.98. The second kappa shape index (κ2) is 7.55. The van der Waals surface area contributed by atoms with Crippen molar-refractivity contribution in [3.63, 3.8) is 0 Å². The number of likely N-dealkylation sites (tertiary alicyclic amines) is 1. The second-order valence-corrected chi connectivity index (χ2v) is 6.07. The molecule has 0 amide bonds. The molecule has 0 bridgehead atoms. The van der Waals surface area contributed by atoms with E-state index < -0.39 is 24.4 Å². The van der Waals surface area contributed by atoms with Gasteiger partial charge >= 0.3 is 0 Å². The summed E-state index contributed by atoms with van der Waals surface area (Å²) in [7, 11) is 0. The smallest absolute Gasteiger partial charge is 0.109 e. The van der Waals surface area contributed by atoms with E-state index in [9.17, 15) is 20.4 Å². The molecule has 5 nitrogen and oxygen atoms in total. The number of hydrogen-bond acceptors (Lipinski definition) is 5. The molecule has 0 radical (unpaired) electrons. The maximum atomic E-state index is 10.0. The Balaban J connectivity index is 2.85. The Kier molecular flexibility index (Phi) is 6.69. The van der Waals surface area contributed by atoms with Crippen LogP contribution in [0.3, 0.4) is 0 Å². The second-order valence-electron chi connectivity index (χ2n) is 6.07. The van der Waals surface area contributed by atoms with Gasteiger partial charge in [-0.3, -0.25) is 4.90 Å². The molecule has 5 atom stereocenters. The molecule has 0 aliphatic carbocycles. The molecule has 0 saturated carbocycles. The fraction of sp³-hybridized carbons (Fsp3) is 1.00. The number of β-amino-alcohol motifs (C(OH)–C–C–N with tert-alkyl or cyclic N) is 1. The first-order valence-electron chi connectivity index (χ1n) is 7.33. The fourth-order valence-corrected chi connectivity index (χ4v) is 3.04. The third-order valence-corrected chi connectivity index (χ3v) is 3.98. The zero-order valence-corrected chi connectivity index (χ0v) is 12.2. The summed E-state index contributed by atoms with van der Waals surface area (Å²) in [5, 5.41) is 39.1. The van der Waals surface area contributed by atoms with Crippen LogP contribution in [0.4, 0.5) is 0 Å². The highest BCUT2D eigenvalue weighted by atomic mass is 16.4. The van der Waals surface area contributed by atoms with Crippen LogP contribution < -0.4 is 0 Å². The van der Waals surface area contributed by atoms with E-state index in [1.165, 1.54) is 0 Å². The first-order chi connectivity index (χ1) is 8.92. The van der Waals surface area contributed by atoms with Crippen molar-refractivity contribution in [1.29, 1.82) is 0 Å². The lowest BCUT2D eigenvalue weighted by molar-refractivity contribution is -0.156. The SMILES string of the molecule is CCCC(CC(C)C)N1C[C@H](O)[C@@H](O)[C@H](O)[C@H]1CO. The monoisotopic (exact) mass is 275 g/mol. The number of nitrogens with zero attached hydrogens (tertiary/aromatic N) is 1. The normalized spacial score (nSPS) is 34.7. The molecule has 0 aromatic carbocycles. The molecule has 19 heavy (non-hydrogen) atoms. The lowest BCUT2D eigenvalue weighted by Gasteiger charge is -2.47. The molecule has 1 fully saturated rings. The third kappa shape index (κ3) is 4.13. The standard InChI is InChI=1S/C14H29NO4/c1-4-5-10(6-9(2)3)15-7-12(17)14(19)13(18)11(15)8-16/h9-14,16-19H,4-8H2,1-3H3/t10?,11-,12+,13-,14-/m1/s1. The van der Waals surface area contributed by atoms with Gasteiger partial charge in [0.2, 0.25) is 0 Å². The molecule has 0 aromatic rings. The molecule has 1 aliphatic heterocycles. The minimum absolute atomic E-state index is 0.205. The largest absolute Gasteiger partial charge is 0.395 e.